The van der Waals surface area contributed by atoms with Crippen LogP contribution in [0.15, 0.2) is 24.3 Å². The summed E-state index contributed by atoms with van der Waals surface area (Å²) in [7, 11) is 1.52. The molecule has 2 N–H and O–H groups in total. The van der Waals surface area contributed by atoms with Gasteiger partial charge in [0.1, 0.15) is 12.4 Å². The molecule has 6 nitrogen and oxygen atoms in total. The van der Waals surface area contributed by atoms with E-state index in [9.17, 15) is 9.59 Å². The fourth-order valence-electron chi connectivity index (χ4n) is 1.09. The summed E-state index contributed by atoms with van der Waals surface area (Å²) in [6.45, 7) is -0.162. The Bertz CT molecular complexity index is 405. The molecule has 92 valence electrons. The van der Waals surface area contributed by atoms with Crippen molar-refractivity contribution >= 4 is 17.7 Å². The smallest absolute Gasteiger partial charge is 0.411 e. The van der Waals surface area contributed by atoms with Gasteiger partial charge in [-0.25, -0.2) is 4.79 Å². The van der Waals surface area contributed by atoms with Gasteiger partial charge < -0.3 is 14.6 Å². The van der Waals surface area contributed by atoms with E-state index >= 15 is 0 Å². The summed E-state index contributed by atoms with van der Waals surface area (Å²) in [5.74, 6) is -0.410. The lowest BCUT2D eigenvalue weighted by atomic mass is 10.3. The van der Waals surface area contributed by atoms with Crippen molar-refractivity contribution in [2.75, 3.05) is 19.0 Å². The molecule has 0 aliphatic heterocycles. The van der Waals surface area contributed by atoms with Crippen LogP contribution in [0.2, 0.25) is 0 Å². The van der Waals surface area contributed by atoms with Gasteiger partial charge >= 0.3 is 12.1 Å². The van der Waals surface area contributed by atoms with E-state index in [0.717, 1.165) is 0 Å². The van der Waals surface area contributed by atoms with Crippen molar-refractivity contribution in [3.8, 4) is 5.75 Å². The van der Waals surface area contributed by atoms with Crippen molar-refractivity contribution in [3.05, 3.63) is 24.3 Å². The van der Waals surface area contributed by atoms with Gasteiger partial charge in [-0.3, -0.25) is 10.1 Å². The first-order chi connectivity index (χ1) is 8.11. The molecule has 1 aromatic carbocycles. The quantitative estimate of drug-likeness (QED) is 0.817. The molecule has 0 unspecified atom stereocenters. The average Bonchev–Trinajstić information content (AvgIpc) is 2.28. The SMILES string of the molecule is COc1cccc(NC(=O)OCCC(=O)O)c1. The van der Waals surface area contributed by atoms with Gasteiger partial charge in [-0.15, -0.1) is 0 Å². The zero-order valence-corrected chi connectivity index (χ0v) is 9.30. The molecule has 17 heavy (non-hydrogen) atoms. The minimum atomic E-state index is -1.01. The highest BCUT2D eigenvalue weighted by Crippen LogP contribution is 2.16. The summed E-state index contributed by atoms with van der Waals surface area (Å²) in [5, 5.41) is 10.8. The Labute approximate surface area is 98.2 Å². The summed E-state index contributed by atoms with van der Waals surface area (Å²) in [6.07, 6.45) is -0.912. The van der Waals surface area contributed by atoms with Gasteiger partial charge in [-0.2, -0.15) is 0 Å². The molecular formula is C11H13NO5. The van der Waals surface area contributed by atoms with Gasteiger partial charge in [0.05, 0.1) is 13.5 Å². The van der Waals surface area contributed by atoms with Crippen LogP contribution < -0.4 is 10.1 Å². The Hall–Kier alpha value is -2.24. The summed E-state index contributed by atoms with van der Waals surface area (Å²) >= 11 is 0. The number of hydrogen-bond donors (Lipinski definition) is 2. The molecule has 0 aliphatic rings. The second kappa shape index (κ2) is 6.37. The van der Waals surface area contributed by atoms with Crippen molar-refractivity contribution in [2.24, 2.45) is 0 Å². The number of methoxy groups -OCH3 is 1. The van der Waals surface area contributed by atoms with E-state index in [4.69, 9.17) is 9.84 Å². The maximum absolute atomic E-state index is 11.2. The lowest BCUT2D eigenvalue weighted by molar-refractivity contribution is -0.137. The Morgan fingerprint density at radius 1 is 1.41 bits per heavy atom. The summed E-state index contributed by atoms with van der Waals surface area (Å²) in [6, 6.07) is 6.74. The van der Waals surface area contributed by atoms with Crippen LogP contribution in [0.3, 0.4) is 0 Å². The fourth-order valence-corrected chi connectivity index (χ4v) is 1.09. The van der Waals surface area contributed by atoms with Crippen LogP contribution in [-0.4, -0.2) is 30.9 Å². The number of nitrogens with one attached hydrogen (secondary N) is 1. The summed E-state index contributed by atoms with van der Waals surface area (Å²) in [4.78, 5) is 21.4. The molecule has 0 atom stereocenters. The average molecular weight is 239 g/mol. The standard InChI is InChI=1S/C11H13NO5/c1-16-9-4-2-3-8(7-9)12-11(15)17-6-5-10(13)14/h2-4,7H,5-6H2,1H3,(H,12,15)(H,13,14). The molecule has 0 radical (unpaired) electrons. The molecule has 0 aromatic heterocycles. The summed E-state index contributed by atoms with van der Waals surface area (Å²) < 4.78 is 9.64. The van der Waals surface area contributed by atoms with Gasteiger partial charge in [-0.1, -0.05) is 6.07 Å². The number of rotatable bonds is 5. The largest absolute Gasteiger partial charge is 0.497 e. The number of amides is 1. The van der Waals surface area contributed by atoms with Gasteiger partial charge in [0.15, 0.2) is 0 Å². The first-order valence-electron chi connectivity index (χ1n) is 4.91. The fraction of sp³-hybridized carbons (Fsp3) is 0.273. The third-order valence-electron chi connectivity index (χ3n) is 1.87. The number of anilines is 1. The summed E-state index contributed by atoms with van der Waals surface area (Å²) in [5.41, 5.74) is 0.518. The van der Waals surface area contributed by atoms with E-state index in [1.165, 1.54) is 7.11 Å². The zero-order chi connectivity index (χ0) is 12.7. The van der Waals surface area contributed by atoms with E-state index in [2.05, 4.69) is 10.1 Å². The van der Waals surface area contributed by atoms with Gasteiger partial charge in [0.2, 0.25) is 0 Å². The molecule has 0 fully saturated rings. The normalized spacial score (nSPS) is 9.47. The van der Waals surface area contributed by atoms with Crippen LogP contribution in [0.25, 0.3) is 0 Å². The molecule has 0 bridgehead atoms. The Kier molecular flexibility index (Phi) is 4.80. The number of hydrogen-bond acceptors (Lipinski definition) is 4. The Morgan fingerprint density at radius 3 is 2.82 bits per heavy atom. The minimum absolute atomic E-state index is 0.162. The second-order valence-electron chi connectivity index (χ2n) is 3.14. The Morgan fingerprint density at radius 2 is 2.18 bits per heavy atom. The molecule has 1 aromatic rings. The van der Waals surface area contributed by atoms with Crippen molar-refractivity contribution in [2.45, 2.75) is 6.42 Å². The van der Waals surface area contributed by atoms with Crippen molar-refractivity contribution < 1.29 is 24.2 Å². The van der Waals surface area contributed by atoms with E-state index < -0.39 is 12.1 Å². The van der Waals surface area contributed by atoms with Crippen molar-refractivity contribution in [3.63, 3.8) is 0 Å². The maximum atomic E-state index is 11.2. The highest BCUT2D eigenvalue weighted by molar-refractivity contribution is 5.85. The number of carbonyl (C=O) groups excluding carboxylic acids is 1. The van der Waals surface area contributed by atoms with Gasteiger partial charge in [0, 0.05) is 11.8 Å². The molecule has 0 heterocycles. The van der Waals surface area contributed by atoms with Crippen LogP contribution >= 0.6 is 0 Å². The van der Waals surface area contributed by atoms with Crippen LogP contribution in [0, 0.1) is 0 Å². The molecule has 6 heteroatoms. The first-order valence-corrected chi connectivity index (χ1v) is 4.91. The van der Waals surface area contributed by atoms with E-state index in [-0.39, 0.29) is 13.0 Å². The van der Waals surface area contributed by atoms with Crippen LogP contribution in [0.4, 0.5) is 10.5 Å². The number of ether oxygens (including phenoxy) is 2. The predicted octanol–water partition coefficient (Wildman–Crippen LogP) is 1.72. The third-order valence-corrected chi connectivity index (χ3v) is 1.87. The van der Waals surface area contributed by atoms with Gasteiger partial charge in [0.25, 0.3) is 0 Å². The number of carboxylic acid groups (broad SMARTS) is 1. The predicted molar refractivity (Wildman–Crippen MR) is 60.2 cm³/mol. The molecule has 0 aliphatic carbocycles. The van der Waals surface area contributed by atoms with Crippen molar-refractivity contribution in [1.29, 1.82) is 0 Å². The lowest BCUT2D eigenvalue weighted by Gasteiger charge is -2.07. The maximum Gasteiger partial charge on any atom is 0.411 e. The van der Waals surface area contributed by atoms with Gasteiger partial charge in [-0.05, 0) is 12.1 Å². The highest BCUT2D eigenvalue weighted by Gasteiger charge is 2.05. The molecule has 1 rings (SSSR count). The van der Waals surface area contributed by atoms with Crippen LogP contribution in [-0.2, 0) is 9.53 Å². The topological polar surface area (TPSA) is 84.9 Å². The minimum Gasteiger partial charge on any atom is -0.497 e. The number of aliphatic carboxylic acids is 1. The third kappa shape index (κ3) is 4.87. The first kappa shape index (κ1) is 12.8. The van der Waals surface area contributed by atoms with E-state index in [1.807, 2.05) is 0 Å². The van der Waals surface area contributed by atoms with E-state index in [1.54, 1.807) is 24.3 Å². The van der Waals surface area contributed by atoms with Crippen LogP contribution in [0.5, 0.6) is 5.75 Å². The van der Waals surface area contributed by atoms with Crippen LogP contribution in [0.1, 0.15) is 6.42 Å². The lowest BCUT2D eigenvalue weighted by Crippen LogP contribution is -2.15. The highest BCUT2D eigenvalue weighted by atomic mass is 16.5. The van der Waals surface area contributed by atoms with E-state index in [0.29, 0.717) is 11.4 Å². The molecule has 0 saturated heterocycles. The molecular weight excluding hydrogens is 226 g/mol. The molecule has 1 amide bonds. The Balaban J connectivity index is 2.42. The number of carbonyl (C=O) groups is 2. The molecule has 0 saturated carbocycles. The van der Waals surface area contributed by atoms with Crippen molar-refractivity contribution in [1.82, 2.24) is 0 Å². The molecule has 0 spiro atoms. The number of benzene rings is 1. The monoisotopic (exact) mass is 239 g/mol. The number of carboxylic acids is 1. The zero-order valence-electron chi connectivity index (χ0n) is 9.30. The second-order valence-corrected chi connectivity index (χ2v) is 3.14.